The Labute approximate surface area is 169 Å². The molecule has 0 spiro atoms. The smallest absolute Gasteiger partial charge is 0.278 e. The predicted octanol–water partition coefficient (Wildman–Crippen LogP) is 3.25. The van der Waals surface area contributed by atoms with Crippen molar-refractivity contribution < 1.29 is 19.1 Å². The highest BCUT2D eigenvalue weighted by atomic mass is 16.5. The molecule has 0 unspecified atom stereocenters. The van der Waals surface area contributed by atoms with Gasteiger partial charge in [0.2, 0.25) is 5.91 Å². The molecule has 1 aliphatic heterocycles. The van der Waals surface area contributed by atoms with Gasteiger partial charge in [-0.1, -0.05) is 12.1 Å². The van der Waals surface area contributed by atoms with Crippen LogP contribution in [0.15, 0.2) is 54.2 Å². The van der Waals surface area contributed by atoms with Gasteiger partial charge in [0.05, 0.1) is 12.7 Å². The van der Waals surface area contributed by atoms with Gasteiger partial charge in [0.1, 0.15) is 11.4 Å². The van der Waals surface area contributed by atoms with E-state index in [0.29, 0.717) is 28.3 Å². The van der Waals surface area contributed by atoms with E-state index in [4.69, 9.17) is 4.74 Å². The number of imide groups is 1. The number of benzene rings is 2. The minimum Gasteiger partial charge on any atom is -0.497 e. The van der Waals surface area contributed by atoms with E-state index in [0.717, 1.165) is 0 Å². The molecule has 0 radical (unpaired) electrons. The fraction of sp³-hybridized carbons (Fsp3) is 0.227. The van der Waals surface area contributed by atoms with Crippen molar-refractivity contribution in [2.45, 2.75) is 26.8 Å². The van der Waals surface area contributed by atoms with Crippen LogP contribution in [-0.4, -0.2) is 35.8 Å². The van der Waals surface area contributed by atoms with Gasteiger partial charge in [-0.3, -0.25) is 19.3 Å². The van der Waals surface area contributed by atoms with E-state index >= 15 is 0 Å². The van der Waals surface area contributed by atoms with Gasteiger partial charge < -0.3 is 15.4 Å². The van der Waals surface area contributed by atoms with Crippen LogP contribution in [-0.2, 0) is 14.4 Å². The van der Waals surface area contributed by atoms with Gasteiger partial charge in [-0.25, -0.2) is 0 Å². The molecule has 2 aromatic rings. The lowest BCUT2D eigenvalue weighted by Gasteiger charge is -2.19. The van der Waals surface area contributed by atoms with Crippen LogP contribution < -0.4 is 15.4 Å². The number of nitrogens with one attached hydrogen (secondary N) is 2. The molecule has 0 aromatic heterocycles. The second-order valence-corrected chi connectivity index (χ2v) is 6.94. The third kappa shape index (κ3) is 4.13. The van der Waals surface area contributed by atoms with Crippen LogP contribution >= 0.6 is 0 Å². The number of rotatable bonds is 6. The Hall–Kier alpha value is -3.61. The summed E-state index contributed by atoms with van der Waals surface area (Å²) in [5.74, 6) is -0.220. The first-order valence-electron chi connectivity index (χ1n) is 9.23. The Kier molecular flexibility index (Phi) is 5.68. The molecule has 3 rings (SSSR count). The summed E-state index contributed by atoms with van der Waals surface area (Å²) in [6.07, 6.45) is 0. The summed E-state index contributed by atoms with van der Waals surface area (Å²) in [5.41, 5.74) is 2.40. The Bertz CT molecular complexity index is 976. The second kappa shape index (κ2) is 8.18. The predicted molar refractivity (Wildman–Crippen MR) is 111 cm³/mol. The molecule has 2 aromatic carbocycles. The number of carbonyl (C=O) groups excluding carboxylic acids is 3. The molecule has 0 fully saturated rings. The van der Waals surface area contributed by atoms with Gasteiger partial charge in [0.25, 0.3) is 11.8 Å². The zero-order valence-electron chi connectivity index (χ0n) is 16.8. The van der Waals surface area contributed by atoms with Gasteiger partial charge in [-0.05, 0) is 55.8 Å². The maximum Gasteiger partial charge on any atom is 0.278 e. The lowest BCUT2D eigenvalue weighted by atomic mass is 10.0. The molecule has 7 nitrogen and oxygen atoms in total. The third-order valence-corrected chi connectivity index (χ3v) is 4.49. The van der Waals surface area contributed by atoms with Crippen molar-refractivity contribution in [3.05, 3.63) is 59.8 Å². The number of hydrogen-bond donors (Lipinski definition) is 2. The molecular formula is C22H23N3O4. The van der Waals surface area contributed by atoms with Crippen molar-refractivity contribution in [1.29, 1.82) is 0 Å². The first-order valence-corrected chi connectivity index (χ1v) is 9.23. The number of nitrogens with zero attached hydrogens (tertiary/aromatic N) is 1. The molecule has 0 atom stereocenters. The van der Waals surface area contributed by atoms with Crippen LogP contribution in [0.1, 0.15) is 26.3 Å². The Balaban J connectivity index is 2.01. The molecule has 0 saturated carbocycles. The Morgan fingerprint density at radius 2 is 1.52 bits per heavy atom. The molecule has 7 heteroatoms. The maximum atomic E-state index is 13.0. The van der Waals surface area contributed by atoms with Gasteiger partial charge in [0.15, 0.2) is 0 Å². The standard InChI is InChI=1S/C22H23N3O4/c1-13(2)25-21(27)19(15-5-7-16(8-6-15)23-14(3)26)20(22(25)28)24-17-9-11-18(29-4)12-10-17/h5-13,24H,1-4H3,(H,23,26). The highest BCUT2D eigenvalue weighted by Crippen LogP contribution is 2.32. The summed E-state index contributed by atoms with van der Waals surface area (Å²) in [5, 5.41) is 5.78. The SMILES string of the molecule is COc1ccc(NC2=C(c3ccc(NC(C)=O)cc3)C(=O)N(C(C)C)C2=O)cc1. The fourth-order valence-electron chi connectivity index (χ4n) is 3.14. The largest absolute Gasteiger partial charge is 0.497 e. The number of anilines is 2. The van der Waals surface area contributed by atoms with Crippen molar-refractivity contribution in [2.75, 3.05) is 17.7 Å². The topological polar surface area (TPSA) is 87.7 Å². The van der Waals surface area contributed by atoms with Crippen molar-refractivity contribution in [2.24, 2.45) is 0 Å². The Morgan fingerprint density at radius 1 is 0.931 bits per heavy atom. The number of hydrogen-bond acceptors (Lipinski definition) is 5. The summed E-state index contributed by atoms with van der Waals surface area (Å²) in [6.45, 7) is 5.01. The van der Waals surface area contributed by atoms with Crippen LogP contribution in [0.3, 0.4) is 0 Å². The average Bonchev–Trinajstić information content (AvgIpc) is 2.92. The van der Waals surface area contributed by atoms with Crippen molar-refractivity contribution in [3.63, 3.8) is 0 Å². The van der Waals surface area contributed by atoms with E-state index in [9.17, 15) is 14.4 Å². The average molecular weight is 393 g/mol. The van der Waals surface area contributed by atoms with Gasteiger partial charge >= 0.3 is 0 Å². The Morgan fingerprint density at radius 3 is 2.03 bits per heavy atom. The molecular weight excluding hydrogens is 370 g/mol. The van der Waals surface area contributed by atoms with Crippen LogP contribution in [0.5, 0.6) is 5.75 Å². The molecule has 0 aliphatic carbocycles. The van der Waals surface area contributed by atoms with Crippen LogP contribution in [0.2, 0.25) is 0 Å². The molecule has 1 aliphatic rings. The normalized spacial score (nSPS) is 13.9. The second-order valence-electron chi connectivity index (χ2n) is 6.94. The highest BCUT2D eigenvalue weighted by molar-refractivity contribution is 6.36. The van der Waals surface area contributed by atoms with Crippen LogP contribution in [0, 0.1) is 0 Å². The number of methoxy groups -OCH3 is 1. The molecule has 29 heavy (non-hydrogen) atoms. The number of carbonyl (C=O) groups is 3. The van der Waals surface area contributed by atoms with Gasteiger partial charge in [0, 0.05) is 24.3 Å². The van der Waals surface area contributed by atoms with Crippen molar-refractivity contribution in [1.82, 2.24) is 4.90 Å². The van der Waals surface area contributed by atoms with E-state index in [2.05, 4.69) is 10.6 Å². The summed E-state index contributed by atoms with van der Waals surface area (Å²) in [6, 6.07) is 13.6. The fourth-order valence-corrected chi connectivity index (χ4v) is 3.14. The van der Waals surface area contributed by atoms with E-state index in [1.54, 1.807) is 69.5 Å². The summed E-state index contributed by atoms with van der Waals surface area (Å²) in [7, 11) is 1.58. The maximum absolute atomic E-state index is 13.0. The van der Waals surface area contributed by atoms with E-state index in [1.807, 2.05) is 0 Å². The minimum atomic E-state index is -0.373. The molecule has 3 amide bonds. The minimum absolute atomic E-state index is 0.183. The monoisotopic (exact) mass is 393 g/mol. The summed E-state index contributed by atoms with van der Waals surface area (Å²) in [4.78, 5) is 38.5. The van der Waals surface area contributed by atoms with Crippen molar-refractivity contribution >= 4 is 34.7 Å². The molecule has 0 bridgehead atoms. The quantitative estimate of drug-likeness (QED) is 0.736. The third-order valence-electron chi connectivity index (χ3n) is 4.49. The molecule has 0 saturated heterocycles. The van der Waals surface area contributed by atoms with E-state index < -0.39 is 0 Å². The molecule has 150 valence electrons. The number of amides is 3. The van der Waals surface area contributed by atoms with Crippen LogP contribution in [0.4, 0.5) is 11.4 Å². The molecule has 1 heterocycles. The lowest BCUT2D eigenvalue weighted by molar-refractivity contribution is -0.138. The molecule has 2 N–H and O–H groups in total. The van der Waals surface area contributed by atoms with Crippen molar-refractivity contribution in [3.8, 4) is 5.75 Å². The number of ether oxygens (including phenoxy) is 1. The lowest BCUT2D eigenvalue weighted by Crippen LogP contribution is -2.38. The van der Waals surface area contributed by atoms with E-state index in [-0.39, 0.29) is 29.5 Å². The van der Waals surface area contributed by atoms with Gasteiger partial charge in [-0.15, -0.1) is 0 Å². The first-order chi connectivity index (χ1) is 13.8. The summed E-state index contributed by atoms with van der Waals surface area (Å²) < 4.78 is 5.16. The zero-order valence-corrected chi connectivity index (χ0v) is 16.8. The van der Waals surface area contributed by atoms with Crippen LogP contribution in [0.25, 0.3) is 5.57 Å². The van der Waals surface area contributed by atoms with Gasteiger partial charge in [-0.2, -0.15) is 0 Å². The summed E-state index contributed by atoms with van der Waals surface area (Å²) >= 11 is 0. The van der Waals surface area contributed by atoms with E-state index in [1.165, 1.54) is 11.8 Å². The first kappa shape index (κ1) is 20.1. The zero-order chi connectivity index (χ0) is 21.1. The highest BCUT2D eigenvalue weighted by Gasteiger charge is 2.40.